The number of aryl methyl sites for hydroxylation is 1. The minimum Gasteiger partial charge on any atom is -0.393 e. The summed E-state index contributed by atoms with van der Waals surface area (Å²) in [5.41, 5.74) is 1.71. The molecule has 0 saturated carbocycles. The lowest BCUT2D eigenvalue weighted by Gasteiger charge is -2.17. The van der Waals surface area contributed by atoms with Crippen LogP contribution in [0.4, 0.5) is 5.69 Å². The molecule has 4 nitrogen and oxygen atoms in total. The van der Waals surface area contributed by atoms with Crippen LogP contribution < -0.4 is 5.32 Å². The van der Waals surface area contributed by atoms with Crippen molar-refractivity contribution in [2.75, 3.05) is 25.5 Å². The van der Waals surface area contributed by atoms with Crippen LogP contribution >= 0.6 is 11.6 Å². The number of benzene rings is 1. The minimum atomic E-state index is -0.347. The Morgan fingerprint density at radius 3 is 2.84 bits per heavy atom. The number of carbonyl (C=O) groups excluding carboxylic acids is 1. The van der Waals surface area contributed by atoms with Crippen LogP contribution in [-0.4, -0.2) is 42.2 Å². The molecule has 2 N–H and O–H groups in total. The normalized spacial score (nSPS) is 12.5. The molecule has 1 aromatic carbocycles. The first-order valence-electron chi connectivity index (χ1n) is 6.31. The fourth-order valence-corrected chi connectivity index (χ4v) is 1.82. The lowest BCUT2D eigenvalue weighted by atomic mass is 10.2. The molecular formula is C14H21ClN2O2. The van der Waals surface area contributed by atoms with Crippen LogP contribution in [0.5, 0.6) is 0 Å². The van der Waals surface area contributed by atoms with E-state index in [0.717, 1.165) is 11.3 Å². The number of aliphatic hydroxyl groups is 1. The van der Waals surface area contributed by atoms with Gasteiger partial charge in [0.1, 0.15) is 0 Å². The number of aliphatic hydroxyl groups excluding tert-OH is 1. The van der Waals surface area contributed by atoms with E-state index in [1.54, 1.807) is 19.1 Å². The number of nitrogens with zero attached hydrogens (tertiary/aromatic N) is 1. The molecule has 1 amide bonds. The second-order valence-electron chi connectivity index (χ2n) is 4.88. The molecule has 0 saturated heterocycles. The molecule has 1 atom stereocenters. The van der Waals surface area contributed by atoms with Gasteiger partial charge in [0.2, 0.25) is 5.91 Å². The summed E-state index contributed by atoms with van der Waals surface area (Å²) >= 11 is 5.90. The molecule has 0 spiro atoms. The van der Waals surface area contributed by atoms with Crippen LogP contribution in [0, 0.1) is 6.92 Å². The first-order valence-corrected chi connectivity index (χ1v) is 6.69. The first-order chi connectivity index (χ1) is 8.88. The molecule has 0 heterocycles. The summed E-state index contributed by atoms with van der Waals surface area (Å²) in [6, 6.07) is 5.40. The highest BCUT2D eigenvalue weighted by atomic mass is 35.5. The second kappa shape index (κ2) is 7.48. The molecule has 106 valence electrons. The highest BCUT2D eigenvalue weighted by Gasteiger charge is 2.09. The Labute approximate surface area is 119 Å². The summed E-state index contributed by atoms with van der Waals surface area (Å²) in [6.07, 6.45) is 0.306. The van der Waals surface area contributed by atoms with Crippen LogP contribution in [-0.2, 0) is 4.79 Å². The van der Waals surface area contributed by atoms with E-state index >= 15 is 0 Å². The van der Waals surface area contributed by atoms with Gasteiger partial charge in [-0.25, -0.2) is 0 Å². The lowest BCUT2D eigenvalue weighted by Crippen LogP contribution is -2.32. The third-order valence-corrected chi connectivity index (χ3v) is 3.05. The third kappa shape index (κ3) is 6.05. The number of likely N-dealkylation sites (N-methyl/N-ethyl adjacent to an activating group) is 1. The summed E-state index contributed by atoms with van der Waals surface area (Å²) in [4.78, 5) is 13.7. The van der Waals surface area contributed by atoms with E-state index < -0.39 is 0 Å². The van der Waals surface area contributed by atoms with Crippen molar-refractivity contribution in [3.63, 3.8) is 0 Å². The van der Waals surface area contributed by atoms with Crippen molar-refractivity contribution in [3.05, 3.63) is 28.8 Å². The van der Waals surface area contributed by atoms with Crippen LogP contribution in [0.15, 0.2) is 18.2 Å². The minimum absolute atomic E-state index is 0.0848. The van der Waals surface area contributed by atoms with Gasteiger partial charge in [0, 0.05) is 17.3 Å². The maximum Gasteiger partial charge on any atom is 0.238 e. The molecule has 1 rings (SSSR count). The highest BCUT2D eigenvalue weighted by molar-refractivity contribution is 6.31. The zero-order valence-corrected chi connectivity index (χ0v) is 12.4. The van der Waals surface area contributed by atoms with Gasteiger partial charge in [0.15, 0.2) is 0 Å². The summed E-state index contributed by atoms with van der Waals surface area (Å²) in [5.74, 6) is -0.0848. The monoisotopic (exact) mass is 284 g/mol. The Morgan fingerprint density at radius 2 is 2.21 bits per heavy atom. The van der Waals surface area contributed by atoms with Gasteiger partial charge in [-0.1, -0.05) is 17.7 Å². The molecule has 1 unspecified atom stereocenters. The molecule has 0 aromatic heterocycles. The van der Waals surface area contributed by atoms with Gasteiger partial charge in [-0.2, -0.15) is 0 Å². The lowest BCUT2D eigenvalue weighted by molar-refractivity contribution is -0.117. The predicted molar refractivity (Wildman–Crippen MR) is 78.6 cm³/mol. The van der Waals surface area contributed by atoms with Crippen LogP contribution in [0.2, 0.25) is 5.02 Å². The molecular weight excluding hydrogens is 264 g/mol. The molecule has 0 bridgehead atoms. The van der Waals surface area contributed by atoms with E-state index in [9.17, 15) is 9.90 Å². The second-order valence-corrected chi connectivity index (χ2v) is 5.32. The van der Waals surface area contributed by atoms with Gasteiger partial charge >= 0.3 is 0 Å². The van der Waals surface area contributed by atoms with E-state index in [0.29, 0.717) is 24.5 Å². The SMILES string of the molecule is Cc1ccc(Cl)cc1NC(=O)CN(C)CCC(C)O. The summed E-state index contributed by atoms with van der Waals surface area (Å²) < 4.78 is 0. The number of anilines is 1. The van der Waals surface area contributed by atoms with Crippen molar-refractivity contribution in [2.24, 2.45) is 0 Å². The van der Waals surface area contributed by atoms with Crippen molar-refractivity contribution in [1.29, 1.82) is 0 Å². The average Bonchev–Trinajstić information content (AvgIpc) is 2.31. The first kappa shape index (κ1) is 16.0. The summed E-state index contributed by atoms with van der Waals surface area (Å²) in [7, 11) is 1.85. The molecule has 0 aliphatic carbocycles. The van der Waals surface area contributed by atoms with E-state index in [2.05, 4.69) is 5.32 Å². The van der Waals surface area contributed by atoms with E-state index in [4.69, 9.17) is 11.6 Å². The maximum atomic E-state index is 11.9. The summed E-state index contributed by atoms with van der Waals surface area (Å²) in [6.45, 7) is 4.63. The average molecular weight is 285 g/mol. The largest absolute Gasteiger partial charge is 0.393 e. The zero-order chi connectivity index (χ0) is 14.4. The number of hydrogen-bond donors (Lipinski definition) is 2. The fraction of sp³-hybridized carbons (Fsp3) is 0.500. The molecule has 1 aromatic rings. The standard InChI is InChI=1S/C14H21ClN2O2/c1-10-4-5-12(15)8-13(10)16-14(19)9-17(3)7-6-11(2)18/h4-5,8,11,18H,6-7,9H2,1-3H3,(H,16,19). The van der Waals surface area contributed by atoms with Gasteiger partial charge < -0.3 is 10.4 Å². The Balaban J connectivity index is 2.48. The Kier molecular flexibility index (Phi) is 6.28. The van der Waals surface area contributed by atoms with Crippen molar-refractivity contribution in [1.82, 2.24) is 4.90 Å². The van der Waals surface area contributed by atoms with Crippen LogP contribution in [0.25, 0.3) is 0 Å². The quantitative estimate of drug-likeness (QED) is 0.843. The topological polar surface area (TPSA) is 52.6 Å². The van der Waals surface area contributed by atoms with Crippen LogP contribution in [0.3, 0.4) is 0 Å². The maximum absolute atomic E-state index is 11.9. The van der Waals surface area contributed by atoms with Crippen LogP contribution in [0.1, 0.15) is 18.9 Å². The fourth-order valence-electron chi connectivity index (χ4n) is 1.65. The Morgan fingerprint density at radius 1 is 1.53 bits per heavy atom. The van der Waals surface area contributed by atoms with Crippen molar-refractivity contribution in [2.45, 2.75) is 26.4 Å². The number of carbonyl (C=O) groups is 1. The van der Waals surface area contributed by atoms with E-state index in [1.807, 2.05) is 24.9 Å². The number of halogens is 1. The van der Waals surface area contributed by atoms with Gasteiger partial charge in [0.05, 0.1) is 12.6 Å². The van der Waals surface area contributed by atoms with Crippen molar-refractivity contribution < 1.29 is 9.90 Å². The van der Waals surface area contributed by atoms with Gasteiger partial charge in [-0.3, -0.25) is 9.69 Å². The Hall–Kier alpha value is -1.10. The third-order valence-electron chi connectivity index (χ3n) is 2.82. The van der Waals surface area contributed by atoms with Crippen molar-refractivity contribution in [3.8, 4) is 0 Å². The van der Waals surface area contributed by atoms with Crippen molar-refractivity contribution >= 4 is 23.2 Å². The van der Waals surface area contributed by atoms with Gasteiger partial charge in [0.25, 0.3) is 0 Å². The highest BCUT2D eigenvalue weighted by Crippen LogP contribution is 2.19. The van der Waals surface area contributed by atoms with Gasteiger partial charge in [-0.05, 0) is 45.0 Å². The molecule has 5 heteroatoms. The molecule has 19 heavy (non-hydrogen) atoms. The van der Waals surface area contributed by atoms with E-state index in [-0.39, 0.29) is 12.0 Å². The number of nitrogens with one attached hydrogen (secondary N) is 1. The smallest absolute Gasteiger partial charge is 0.238 e. The van der Waals surface area contributed by atoms with E-state index in [1.165, 1.54) is 0 Å². The predicted octanol–water partition coefficient (Wildman–Crippen LogP) is 2.29. The molecule has 0 radical (unpaired) electrons. The zero-order valence-electron chi connectivity index (χ0n) is 11.6. The number of rotatable bonds is 6. The molecule has 0 fully saturated rings. The molecule has 0 aliphatic rings. The number of hydrogen-bond acceptors (Lipinski definition) is 3. The van der Waals surface area contributed by atoms with Gasteiger partial charge in [-0.15, -0.1) is 0 Å². The summed E-state index contributed by atoms with van der Waals surface area (Å²) in [5, 5.41) is 12.6. The molecule has 0 aliphatic heterocycles. The Bertz CT molecular complexity index is 435. The number of amides is 1.